The summed E-state index contributed by atoms with van der Waals surface area (Å²) >= 11 is 4.17. The number of phenolic OH excluding ortho intramolecular Hbond substituents is 3. The lowest BCUT2D eigenvalue weighted by Gasteiger charge is -2.13. The lowest BCUT2D eigenvalue weighted by molar-refractivity contribution is 0.321. The minimum absolute atomic E-state index is 0.169. The number of aromatic hydroxyl groups is 3. The van der Waals surface area contributed by atoms with E-state index in [4.69, 9.17) is 15.3 Å². The van der Waals surface area contributed by atoms with Gasteiger partial charge in [0.1, 0.15) is 17.2 Å². The van der Waals surface area contributed by atoms with Gasteiger partial charge in [-0.25, -0.2) is 0 Å². The van der Waals surface area contributed by atoms with E-state index in [0.717, 1.165) is 5.75 Å². The van der Waals surface area contributed by atoms with Crippen molar-refractivity contribution in [2.75, 3.05) is 29.8 Å². The maximum atomic E-state index is 8.97. The molecule has 0 amide bonds. The fraction of sp³-hybridized carbons (Fsp3) is 0.500. The van der Waals surface area contributed by atoms with E-state index in [2.05, 4.69) is 62.1 Å². The first-order valence-corrected chi connectivity index (χ1v) is 13.1. The van der Waals surface area contributed by atoms with E-state index in [9.17, 15) is 0 Å². The highest BCUT2D eigenvalue weighted by atomic mass is 127. The van der Waals surface area contributed by atoms with Crippen LogP contribution in [0.15, 0.2) is 53.4 Å². The molecule has 2 aromatic carbocycles. The van der Waals surface area contributed by atoms with Gasteiger partial charge in [-0.05, 0) is 91.2 Å². The van der Waals surface area contributed by atoms with Gasteiger partial charge in [0.15, 0.2) is 0 Å². The summed E-state index contributed by atoms with van der Waals surface area (Å²) in [6.45, 7) is 14.5. The van der Waals surface area contributed by atoms with Gasteiger partial charge in [-0.3, -0.25) is 0 Å². The van der Waals surface area contributed by atoms with Gasteiger partial charge in [0, 0.05) is 4.90 Å². The normalized spacial score (nSPS) is 9.43. The van der Waals surface area contributed by atoms with Crippen molar-refractivity contribution in [3.05, 3.63) is 48.5 Å². The van der Waals surface area contributed by atoms with E-state index in [-0.39, 0.29) is 11.5 Å². The molecule has 0 saturated heterocycles. The second-order valence-electron chi connectivity index (χ2n) is 6.17. The molecule has 3 N–H and O–H groups in total. The molecule has 0 bridgehead atoms. The monoisotopic (exact) mass is 549 g/mol. The molecule has 0 aromatic heterocycles. The van der Waals surface area contributed by atoms with Gasteiger partial charge in [0.05, 0.1) is 0 Å². The van der Waals surface area contributed by atoms with Crippen LogP contribution in [0.25, 0.3) is 0 Å². The molecule has 2 rings (SSSR count). The number of rotatable bonds is 7. The van der Waals surface area contributed by atoms with Gasteiger partial charge in [-0.1, -0.05) is 57.2 Å². The summed E-state index contributed by atoms with van der Waals surface area (Å²) in [5, 5.41) is 26.3. The van der Waals surface area contributed by atoms with Crippen molar-refractivity contribution >= 4 is 34.4 Å². The van der Waals surface area contributed by atoms with Crippen molar-refractivity contribution in [2.24, 2.45) is 0 Å². The molecule has 172 valence electrons. The average Bonchev–Trinajstić information content (AvgIpc) is 2.78. The molecule has 0 radical (unpaired) electrons. The highest BCUT2D eigenvalue weighted by Gasteiger charge is 1.91. The van der Waals surface area contributed by atoms with Crippen molar-refractivity contribution in [3.63, 3.8) is 0 Å². The van der Waals surface area contributed by atoms with Crippen LogP contribution in [0.2, 0.25) is 0 Å². The van der Waals surface area contributed by atoms with Crippen molar-refractivity contribution in [1.29, 1.82) is 0 Å². The number of phenols is 3. The molecule has 0 saturated carbocycles. The Bertz CT molecular complexity index is 562. The highest BCUT2D eigenvalue weighted by molar-refractivity contribution is 14.1. The third-order valence-electron chi connectivity index (χ3n) is 3.69. The van der Waals surface area contributed by atoms with Crippen LogP contribution in [0.3, 0.4) is 0 Å². The van der Waals surface area contributed by atoms with Crippen LogP contribution >= 0.6 is 34.4 Å². The van der Waals surface area contributed by atoms with E-state index in [1.807, 2.05) is 23.9 Å². The van der Waals surface area contributed by atoms with Gasteiger partial charge < -0.3 is 20.2 Å². The molecule has 0 atom stereocenters. The first kappa shape index (κ1) is 31.1. The predicted molar refractivity (Wildman–Crippen MR) is 142 cm³/mol. The average molecular weight is 550 g/mol. The zero-order valence-corrected chi connectivity index (χ0v) is 22.1. The van der Waals surface area contributed by atoms with Gasteiger partial charge in [0.25, 0.3) is 0 Å². The fourth-order valence-electron chi connectivity index (χ4n) is 1.89. The quantitative estimate of drug-likeness (QED) is 0.148. The molecule has 0 fully saturated rings. The lowest BCUT2D eigenvalue weighted by Crippen LogP contribution is -2.21. The minimum Gasteiger partial charge on any atom is -0.508 e. The molecule has 0 spiro atoms. The number of alkyl halides is 1. The molecule has 0 unspecified atom stereocenters. The number of thioether (sulfide) groups is 1. The largest absolute Gasteiger partial charge is 0.508 e. The second-order valence-corrected chi connectivity index (χ2v) is 8.41. The van der Waals surface area contributed by atoms with Crippen LogP contribution in [0.1, 0.15) is 47.5 Å². The molecule has 0 aliphatic carbocycles. The Kier molecular flexibility index (Phi) is 23.4. The Morgan fingerprint density at radius 3 is 1.23 bits per heavy atom. The van der Waals surface area contributed by atoms with Gasteiger partial charge in [-0.2, -0.15) is 0 Å². The maximum Gasteiger partial charge on any atom is 0.115 e. The summed E-state index contributed by atoms with van der Waals surface area (Å²) in [7, 11) is 0. The van der Waals surface area contributed by atoms with Gasteiger partial charge in [-0.15, -0.1) is 11.8 Å². The Morgan fingerprint density at radius 2 is 1.00 bits per heavy atom. The molecule has 0 aliphatic heterocycles. The first-order chi connectivity index (χ1) is 14.4. The van der Waals surface area contributed by atoms with E-state index in [0.29, 0.717) is 5.75 Å². The van der Waals surface area contributed by atoms with Gasteiger partial charge >= 0.3 is 0 Å². The summed E-state index contributed by atoms with van der Waals surface area (Å²) < 4.78 is 1.29. The van der Waals surface area contributed by atoms with Crippen molar-refractivity contribution in [1.82, 2.24) is 4.90 Å². The number of hydrogen-bond donors (Lipinski definition) is 3. The number of benzene rings is 2. The summed E-state index contributed by atoms with van der Waals surface area (Å²) in [5.41, 5.74) is 0. The van der Waals surface area contributed by atoms with E-state index in [1.165, 1.54) is 66.1 Å². The van der Waals surface area contributed by atoms with Crippen LogP contribution in [0, 0.1) is 0 Å². The Hall–Kier alpha value is -1.12. The van der Waals surface area contributed by atoms with Crippen LogP contribution in [0.4, 0.5) is 0 Å². The standard InChI is InChI=1S/C9H12OS.C6H15N.C6H6O2.C3H7I/c1-2-7-11-9-5-3-8(10)4-6-9;1-4-7(5-2)6-3;7-5-1-2-6(8)4-3-5;1-2-3-4/h3-6,10H,2,7H2,1H3;4-6H2,1-3H3;1-4,7-8H;2-3H2,1H3. The topological polar surface area (TPSA) is 63.9 Å². The van der Waals surface area contributed by atoms with E-state index >= 15 is 0 Å². The number of halogens is 1. The summed E-state index contributed by atoms with van der Waals surface area (Å²) in [6.07, 6.45) is 2.49. The smallest absolute Gasteiger partial charge is 0.115 e. The van der Waals surface area contributed by atoms with E-state index < -0.39 is 0 Å². The fourth-order valence-corrected chi connectivity index (χ4v) is 2.65. The highest BCUT2D eigenvalue weighted by Crippen LogP contribution is 2.20. The minimum atomic E-state index is 0.169. The van der Waals surface area contributed by atoms with Crippen LogP contribution in [-0.2, 0) is 0 Å². The van der Waals surface area contributed by atoms with Crippen LogP contribution in [-0.4, -0.2) is 50.0 Å². The molecule has 2 aromatic rings. The van der Waals surface area contributed by atoms with Crippen molar-refractivity contribution < 1.29 is 15.3 Å². The molecule has 0 aliphatic rings. The molecule has 30 heavy (non-hydrogen) atoms. The summed E-state index contributed by atoms with van der Waals surface area (Å²) in [6, 6.07) is 13.0. The second kappa shape index (κ2) is 22.6. The zero-order chi connectivity index (χ0) is 23.2. The zero-order valence-electron chi connectivity index (χ0n) is 19.1. The molecular weight excluding hydrogens is 509 g/mol. The Balaban J connectivity index is 0. The third-order valence-corrected chi connectivity index (χ3v) is 5.99. The summed E-state index contributed by atoms with van der Waals surface area (Å²) in [5.74, 6) is 1.82. The number of hydrogen-bond acceptors (Lipinski definition) is 5. The molecule has 4 nitrogen and oxygen atoms in total. The Morgan fingerprint density at radius 1 is 0.667 bits per heavy atom. The van der Waals surface area contributed by atoms with Crippen molar-refractivity contribution in [3.8, 4) is 17.2 Å². The lowest BCUT2D eigenvalue weighted by atomic mass is 10.3. The third kappa shape index (κ3) is 20.2. The molecular formula is C24H40INO3S. The van der Waals surface area contributed by atoms with E-state index in [1.54, 1.807) is 12.1 Å². The number of nitrogens with zero attached hydrogens (tertiary/aromatic N) is 1. The first-order valence-electron chi connectivity index (χ1n) is 10.6. The van der Waals surface area contributed by atoms with Crippen LogP contribution in [0.5, 0.6) is 17.2 Å². The molecule has 6 heteroatoms. The van der Waals surface area contributed by atoms with Crippen molar-refractivity contribution in [2.45, 2.75) is 52.4 Å². The maximum absolute atomic E-state index is 8.97. The van der Waals surface area contributed by atoms with Gasteiger partial charge in [0.2, 0.25) is 0 Å². The predicted octanol–water partition coefficient (Wildman–Crippen LogP) is 7.17. The molecule has 0 heterocycles. The summed E-state index contributed by atoms with van der Waals surface area (Å²) in [4.78, 5) is 3.60. The Labute approximate surface area is 201 Å². The van der Waals surface area contributed by atoms with Crippen LogP contribution < -0.4 is 0 Å². The SMILES string of the molecule is CCCI.CCCSc1ccc(O)cc1.CCN(CC)CC.Oc1ccc(O)cc1.